The second-order valence-corrected chi connectivity index (χ2v) is 11.0. The van der Waals surface area contributed by atoms with E-state index in [9.17, 15) is 9.90 Å². The van der Waals surface area contributed by atoms with E-state index in [1.54, 1.807) is 0 Å². The third-order valence-electron chi connectivity index (χ3n) is 8.14. The van der Waals surface area contributed by atoms with Gasteiger partial charge in [-0.15, -0.1) is 34.9 Å². The fraction of sp³-hybridized carbons (Fsp3) is 0.471. The molecule has 1 radical (unpaired) electrons. The molecule has 1 heterocycles. The molecular weight excluding hydrogens is 647 g/mol. The second-order valence-electron chi connectivity index (χ2n) is 11.0. The van der Waals surface area contributed by atoms with Crippen molar-refractivity contribution in [2.75, 3.05) is 0 Å². The van der Waals surface area contributed by atoms with E-state index in [1.807, 2.05) is 0 Å². The van der Waals surface area contributed by atoms with Crippen LogP contribution in [0.1, 0.15) is 87.5 Å². The molecule has 2 aromatic carbocycles. The van der Waals surface area contributed by atoms with Gasteiger partial charge in [0.1, 0.15) is 0 Å². The van der Waals surface area contributed by atoms with Crippen LogP contribution in [0.4, 0.5) is 0 Å². The molecule has 6 rings (SSSR count). The summed E-state index contributed by atoms with van der Waals surface area (Å²) in [6, 6.07) is 16.6. The molecule has 0 atom stereocenters. The molecule has 2 fully saturated rings. The Morgan fingerprint density at radius 3 is 2.26 bits per heavy atom. The zero-order valence-corrected chi connectivity index (χ0v) is 24.5. The van der Waals surface area contributed by atoms with Gasteiger partial charge in [-0.2, -0.15) is 0 Å². The van der Waals surface area contributed by atoms with Gasteiger partial charge < -0.3 is 5.11 Å². The molecule has 2 saturated carbocycles. The number of hydrogen-bond donors (Lipinski definition) is 1. The summed E-state index contributed by atoms with van der Waals surface area (Å²) < 4.78 is 0. The Balaban J connectivity index is 0.000000211. The van der Waals surface area contributed by atoms with Gasteiger partial charge in [-0.1, -0.05) is 65.2 Å². The summed E-state index contributed by atoms with van der Waals surface area (Å²) >= 11 is 0. The van der Waals surface area contributed by atoms with E-state index in [-0.39, 0.29) is 45.2 Å². The van der Waals surface area contributed by atoms with Crippen molar-refractivity contribution in [3.63, 3.8) is 0 Å². The molecule has 1 aromatic heterocycles. The third-order valence-corrected chi connectivity index (χ3v) is 8.14. The van der Waals surface area contributed by atoms with Gasteiger partial charge in [0.05, 0.1) is 11.3 Å². The van der Waals surface area contributed by atoms with Gasteiger partial charge >= 0.3 is 0 Å². The molecule has 3 aromatic rings. The van der Waals surface area contributed by atoms with Crippen LogP contribution >= 0.6 is 0 Å². The van der Waals surface area contributed by atoms with Gasteiger partial charge in [0.2, 0.25) is 0 Å². The number of nitrogens with zero attached hydrogens (tertiary/aromatic N) is 1. The number of rotatable bonds is 4. The smallest absolute Gasteiger partial charge is 0.162 e. The zero-order chi connectivity index (χ0) is 25.1. The summed E-state index contributed by atoms with van der Waals surface area (Å²) in [6.45, 7) is 4.23. The Bertz CT molecular complexity index is 1260. The first-order chi connectivity index (χ1) is 17.5. The van der Waals surface area contributed by atoms with Crippen LogP contribution in [0, 0.1) is 31.7 Å². The number of carbonyl (C=O) groups is 1. The minimum absolute atomic E-state index is 0. The van der Waals surface area contributed by atoms with Crippen LogP contribution in [-0.2, 0) is 37.7 Å². The van der Waals surface area contributed by atoms with E-state index in [4.69, 9.17) is 4.98 Å². The molecule has 3 aliphatic carbocycles. The molecule has 0 bridgehead atoms. The van der Waals surface area contributed by atoms with Crippen LogP contribution in [0.2, 0.25) is 0 Å². The molecule has 0 amide bonds. The number of carbonyl (C=O) groups excluding carboxylic acids is 1. The Morgan fingerprint density at radius 1 is 0.921 bits per heavy atom. The average Bonchev–Trinajstić information content (AvgIpc) is 3.59. The van der Waals surface area contributed by atoms with Gasteiger partial charge in [-0.3, -0.25) is 9.78 Å². The Labute approximate surface area is 242 Å². The van der Waals surface area contributed by atoms with Gasteiger partial charge in [0.25, 0.3) is 0 Å². The molecular formula is C34H42IrNO2-. The molecule has 1 N–H and O–H groups in total. The first kappa shape index (κ1) is 30.3. The number of aromatic nitrogens is 1. The fourth-order valence-electron chi connectivity index (χ4n) is 6.31. The second kappa shape index (κ2) is 13.7. The number of aliphatic hydroxyl groups is 1. The van der Waals surface area contributed by atoms with Crippen molar-refractivity contribution < 1.29 is 30.0 Å². The molecule has 0 unspecified atom stereocenters. The van der Waals surface area contributed by atoms with Crippen LogP contribution in [0.25, 0.3) is 22.2 Å². The van der Waals surface area contributed by atoms with E-state index < -0.39 is 0 Å². The maximum absolute atomic E-state index is 11.8. The van der Waals surface area contributed by atoms with Crippen molar-refractivity contribution >= 4 is 16.7 Å². The minimum atomic E-state index is 0. The molecule has 4 heteroatoms. The van der Waals surface area contributed by atoms with Gasteiger partial charge in [0, 0.05) is 43.4 Å². The van der Waals surface area contributed by atoms with Crippen molar-refractivity contribution in [3.8, 4) is 11.3 Å². The maximum Gasteiger partial charge on any atom is 0.162 e. The standard InChI is InChI=1S/C20H18N.C13H20O2.CH4.Ir/c1-13-9-14(2)11-17(10-13)19-12-16-7-3-5-15-6-4-8-18(21-19)20(15)16;14-12(10-5-1-2-6-10)9-13(15)11-7-3-4-8-11;;/h4,6,8-10,12H,3,5,7H2,1-2H3;9-11,14H,1-8H2;1H4;/q-1;;;. The topological polar surface area (TPSA) is 50.2 Å². The molecule has 0 saturated heterocycles. The Hall–Kier alpha value is -2.29. The quantitative estimate of drug-likeness (QED) is 0.169. The number of benzene rings is 2. The molecule has 0 aliphatic heterocycles. The molecule has 38 heavy (non-hydrogen) atoms. The van der Waals surface area contributed by atoms with Crippen molar-refractivity contribution in [2.45, 2.75) is 91.9 Å². The number of aliphatic hydroxyl groups excluding tert-OH is 1. The van der Waals surface area contributed by atoms with Crippen molar-refractivity contribution in [1.82, 2.24) is 4.98 Å². The van der Waals surface area contributed by atoms with E-state index in [0.29, 0.717) is 5.76 Å². The number of aryl methyl sites for hydroxylation is 4. The molecule has 205 valence electrons. The molecule has 0 spiro atoms. The summed E-state index contributed by atoms with van der Waals surface area (Å²) in [4.78, 5) is 16.7. The van der Waals surface area contributed by atoms with Crippen LogP contribution in [0.5, 0.6) is 0 Å². The summed E-state index contributed by atoms with van der Waals surface area (Å²) in [7, 11) is 0. The first-order valence-corrected chi connectivity index (χ1v) is 13.8. The first-order valence-electron chi connectivity index (χ1n) is 13.8. The summed E-state index contributed by atoms with van der Waals surface area (Å²) in [5.74, 6) is 0.991. The predicted molar refractivity (Wildman–Crippen MR) is 154 cm³/mol. The molecule has 3 nitrogen and oxygen atoms in total. The van der Waals surface area contributed by atoms with Crippen LogP contribution in [0.3, 0.4) is 0 Å². The number of ketones is 1. The van der Waals surface area contributed by atoms with E-state index >= 15 is 0 Å². The Kier molecular flexibility index (Phi) is 10.9. The third kappa shape index (κ3) is 7.01. The number of pyridine rings is 1. The van der Waals surface area contributed by atoms with Crippen molar-refractivity contribution in [2.24, 2.45) is 11.8 Å². The monoisotopic (exact) mass is 689 g/mol. The van der Waals surface area contributed by atoms with Crippen LogP contribution in [-0.4, -0.2) is 15.9 Å². The van der Waals surface area contributed by atoms with Gasteiger partial charge in [0.15, 0.2) is 5.78 Å². The molecule has 3 aliphatic rings. The van der Waals surface area contributed by atoms with E-state index in [2.05, 4.69) is 56.3 Å². The zero-order valence-electron chi connectivity index (χ0n) is 22.1. The largest absolute Gasteiger partial charge is 0.512 e. The van der Waals surface area contributed by atoms with E-state index in [1.165, 1.54) is 72.2 Å². The van der Waals surface area contributed by atoms with Crippen molar-refractivity contribution in [3.05, 3.63) is 76.6 Å². The SMILES string of the molecule is C.Cc1[c-]c(-c2cc3c4c(cccc4n2)CCC3)cc(C)c1.O=C(C=C(O)C1CCCC1)C1CCCC1.[Ir]. The van der Waals surface area contributed by atoms with Crippen molar-refractivity contribution in [1.29, 1.82) is 0 Å². The van der Waals surface area contributed by atoms with Gasteiger partial charge in [-0.05, 0) is 67.8 Å². The summed E-state index contributed by atoms with van der Waals surface area (Å²) in [6.07, 6.45) is 14.0. The fourth-order valence-corrected chi connectivity index (χ4v) is 6.31. The van der Waals surface area contributed by atoms with Crippen LogP contribution < -0.4 is 0 Å². The summed E-state index contributed by atoms with van der Waals surface area (Å²) in [5, 5.41) is 11.2. The number of hydrogen-bond acceptors (Lipinski definition) is 3. The predicted octanol–water partition coefficient (Wildman–Crippen LogP) is 8.82. The minimum Gasteiger partial charge on any atom is -0.512 e. The van der Waals surface area contributed by atoms with Gasteiger partial charge in [-0.25, -0.2) is 0 Å². The Morgan fingerprint density at radius 2 is 1.58 bits per heavy atom. The summed E-state index contributed by atoms with van der Waals surface area (Å²) in [5.41, 5.74) is 8.65. The normalized spacial score (nSPS) is 17.4. The van der Waals surface area contributed by atoms with Crippen LogP contribution in [0.15, 0.2) is 48.2 Å². The maximum atomic E-state index is 11.8. The number of allylic oxidation sites excluding steroid dienone is 2. The van der Waals surface area contributed by atoms with E-state index in [0.717, 1.165) is 48.9 Å². The average molecular weight is 689 g/mol.